The number of aliphatic hydroxyl groups is 2. The van der Waals surface area contributed by atoms with Gasteiger partial charge in [-0.05, 0) is 61.2 Å². The highest BCUT2D eigenvalue weighted by Crippen LogP contribution is 2.21. The molecule has 9 heteroatoms. The number of rotatable bonds is 8. The van der Waals surface area contributed by atoms with E-state index in [9.17, 15) is 24.2 Å². The van der Waals surface area contributed by atoms with E-state index in [2.05, 4.69) is 17.1 Å². The van der Waals surface area contributed by atoms with Crippen LogP contribution in [0, 0.1) is 5.82 Å². The van der Waals surface area contributed by atoms with Crippen LogP contribution in [0.3, 0.4) is 0 Å². The van der Waals surface area contributed by atoms with E-state index in [1.165, 1.54) is 17.0 Å². The van der Waals surface area contributed by atoms with Crippen LogP contribution < -0.4 is 15.4 Å². The lowest BCUT2D eigenvalue weighted by Crippen LogP contribution is -2.77. The van der Waals surface area contributed by atoms with Crippen LogP contribution in [-0.4, -0.2) is 52.4 Å². The summed E-state index contributed by atoms with van der Waals surface area (Å²) in [4.78, 5) is 26.5. The number of aliphatic hydroxyl groups excluding tert-OH is 2. The van der Waals surface area contributed by atoms with Crippen LogP contribution in [0.2, 0.25) is 0 Å². The van der Waals surface area contributed by atoms with Crippen molar-refractivity contribution in [3.05, 3.63) is 77.2 Å². The smallest absolute Gasteiger partial charge is 0.255 e. The summed E-state index contributed by atoms with van der Waals surface area (Å²) in [6.07, 6.45) is 0.285. The fourth-order valence-electron chi connectivity index (χ4n) is 3.86. The Balaban J connectivity index is 1.60. The van der Waals surface area contributed by atoms with Gasteiger partial charge in [0, 0.05) is 13.1 Å². The van der Waals surface area contributed by atoms with Crippen LogP contribution in [0.25, 0.3) is 0 Å². The summed E-state index contributed by atoms with van der Waals surface area (Å²) in [7, 11) is 0. The number of nitrogens with one attached hydrogen (secondary N) is 2. The molecule has 3 atom stereocenters. The quantitative estimate of drug-likeness (QED) is 0.330. The lowest BCUT2D eigenvalue weighted by Gasteiger charge is -2.31. The van der Waals surface area contributed by atoms with Crippen LogP contribution in [0.1, 0.15) is 36.6 Å². The van der Waals surface area contributed by atoms with E-state index in [-0.39, 0.29) is 6.54 Å². The summed E-state index contributed by atoms with van der Waals surface area (Å²) < 4.78 is 13.5. The highest BCUT2D eigenvalue weighted by atomic mass is 19.1. The van der Waals surface area contributed by atoms with Crippen molar-refractivity contribution < 1.29 is 29.3 Å². The van der Waals surface area contributed by atoms with Gasteiger partial charge in [-0.2, -0.15) is 0 Å². The number of halogens is 1. The van der Waals surface area contributed by atoms with Gasteiger partial charge in [-0.25, -0.2) is 4.39 Å². The second kappa shape index (κ2) is 11.0. The maximum atomic E-state index is 13.5. The number of allylic oxidation sites excluding steroid dienone is 1. The summed E-state index contributed by atoms with van der Waals surface area (Å²) in [5.74, 6) is -2.05. The predicted molar refractivity (Wildman–Crippen MR) is 126 cm³/mol. The Kier molecular flexibility index (Phi) is 8.14. The number of benzene rings is 2. The number of hydrogen-bond donors (Lipinski definition) is 4. The maximum absolute atomic E-state index is 13.5. The Morgan fingerprint density at radius 3 is 2.53 bits per heavy atom. The van der Waals surface area contributed by atoms with E-state index in [1.807, 2.05) is 37.3 Å². The third-order valence-electron chi connectivity index (χ3n) is 5.81. The molecule has 3 rings (SSSR count). The average Bonchev–Trinajstić information content (AvgIpc) is 2.85. The molecule has 0 saturated carbocycles. The summed E-state index contributed by atoms with van der Waals surface area (Å²) in [6.45, 7) is 7.66. The van der Waals surface area contributed by atoms with E-state index in [1.54, 1.807) is 24.2 Å². The molecule has 1 aliphatic heterocycles. The van der Waals surface area contributed by atoms with Gasteiger partial charge in [0.15, 0.2) is 18.9 Å². The van der Waals surface area contributed by atoms with Crippen molar-refractivity contribution >= 4 is 24.2 Å². The van der Waals surface area contributed by atoms with Crippen molar-refractivity contribution in [3.63, 3.8) is 0 Å². The van der Waals surface area contributed by atoms with E-state index >= 15 is 0 Å². The standard InChI is InChI=1S/C25H29FN4O4/c1-4-12-30(27-3)21-9-6-17(7-10-21)16(2)28-24(33)22(31)23(32)25(34)29-13-11-18-5-8-20(26)14-19(18)15-29/h4-10,12,14,16,22-23,31-32H,3,11,13,15H2,1-2H3,(H,28,33)/p+1/b12-4-/t16-,22-,23-/m1/s1. The van der Waals surface area contributed by atoms with Crippen molar-refractivity contribution in [2.75, 3.05) is 11.6 Å². The molecule has 2 amide bonds. The van der Waals surface area contributed by atoms with Gasteiger partial charge in [0.2, 0.25) is 0 Å². The van der Waals surface area contributed by atoms with Crippen LogP contribution in [-0.2, 0) is 22.6 Å². The topological polar surface area (TPSA) is 107 Å². The number of nitrogens with zero attached hydrogens (tertiary/aromatic N) is 2. The van der Waals surface area contributed by atoms with Crippen molar-refractivity contribution in [2.45, 2.75) is 45.1 Å². The SMILES string of the molecule is C=[NH+]N(/C=C\C)c1ccc([C@@H](C)NC(=O)[C@H](O)[C@@H](O)C(=O)N2CCc3ccc(F)cc3C2)cc1. The first kappa shape index (κ1) is 25.1. The minimum Gasteiger partial charge on any atom is -0.380 e. The van der Waals surface area contributed by atoms with Crippen molar-refractivity contribution in [1.82, 2.24) is 10.2 Å². The Morgan fingerprint density at radius 2 is 1.88 bits per heavy atom. The third-order valence-corrected chi connectivity index (χ3v) is 5.81. The number of hydrogen-bond acceptors (Lipinski definition) is 5. The fraction of sp³-hybridized carbons (Fsp3) is 0.320. The first-order chi connectivity index (χ1) is 16.2. The van der Waals surface area contributed by atoms with Gasteiger partial charge in [0.1, 0.15) is 11.5 Å². The van der Waals surface area contributed by atoms with Gasteiger partial charge < -0.3 is 20.4 Å². The summed E-state index contributed by atoms with van der Waals surface area (Å²) in [5, 5.41) is 27.8. The van der Waals surface area contributed by atoms with E-state index in [4.69, 9.17) is 0 Å². The molecule has 0 spiro atoms. The summed E-state index contributed by atoms with van der Waals surface area (Å²) in [5.41, 5.74) is 3.17. The summed E-state index contributed by atoms with van der Waals surface area (Å²) in [6, 6.07) is 11.2. The maximum Gasteiger partial charge on any atom is 0.255 e. The zero-order valence-electron chi connectivity index (χ0n) is 19.2. The molecule has 0 fully saturated rings. The van der Waals surface area contributed by atoms with E-state index in [0.717, 1.165) is 16.8 Å². The molecule has 0 radical (unpaired) electrons. The zero-order valence-corrected chi connectivity index (χ0v) is 19.2. The number of hydrazone groups is 1. The van der Waals surface area contributed by atoms with Crippen LogP contribution in [0.5, 0.6) is 0 Å². The van der Waals surface area contributed by atoms with Gasteiger partial charge in [-0.15, -0.1) is 10.1 Å². The van der Waals surface area contributed by atoms with Gasteiger partial charge >= 0.3 is 0 Å². The number of carbonyl (C=O) groups excluding carboxylic acids is 2. The Hall–Kier alpha value is -3.56. The Bertz CT molecular complexity index is 1070. The van der Waals surface area contributed by atoms with Crippen molar-refractivity contribution in [2.24, 2.45) is 0 Å². The molecule has 8 nitrogen and oxygen atoms in total. The molecule has 0 aromatic heterocycles. The second-order valence-electron chi connectivity index (χ2n) is 8.14. The van der Waals surface area contributed by atoms with Gasteiger partial charge in [0.05, 0.1) is 12.2 Å². The lowest BCUT2D eigenvalue weighted by molar-refractivity contribution is -0.452. The van der Waals surface area contributed by atoms with Gasteiger partial charge in [-0.1, -0.05) is 24.3 Å². The molecule has 2 aromatic rings. The third kappa shape index (κ3) is 5.67. The number of anilines is 1. The molecule has 1 heterocycles. The van der Waals surface area contributed by atoms with E-state index < -0.39 is 35.9 Å². The predicted octanol–water partition coefficient (Wildman–Crippen LogP) is 0.346. The van der Waals surface area contributed by atoms with E-state index in [0.29, 0.717) is 18.5 Å². The molecule has 0 aliphatic carbocycles. The average molecular weight is 470 g/mol. The molecule has 34 heavy (non-hydrogen) atoms. The second-order valence-corrected chi connectivity index (χ2v) is 8.14. The molecule has 0 unspecified atom stereocenters. The molecular weight excluding hydrogens is 439 g/mol. The Morgan fingerprint density at radius 1 is 1.18 bits per heavy atom. The van der Waals surface area contributed by atoms with Gasteiger partial charge in [-0.3, -0.25) is 9.59 Å². The number of amides is 2. The van der Waals surface area contributed by atoms with Crippen molar-refractivity contribution in [1.29, 1.82) is 0 Å². The zero-order chi connectivity index (χ0) is 24.8. The normalized spacial score (nSPS) is 15.9. The molecule has 1 aliphatic rings. The monoisotopic (exact) mass is 469 g/mol. The highest BCUT2D eigenvalue weighted by molar-refractivity contribution is 5.91. The van der Waals surface area contributed by atoms with Crippen LogP contribution >= 0.6 is 0 Å². The molecule has 0 bridgehead atoms. The minimum absolute atomic E-state index is 0.104. The number of carbonyl (C=O) groups is 2. The fourth-order valence-corrected chi connectivity index (χ4v) is 3.86. The molecule has 4 N–H and O–H groups in total. The molecule has 0 saturated heterocycles. The minimum atomic E-state index is -1.94. The van der Waals surface area contributed by atoms with Crippen molar-refractivity contribution in [3.8, 4) is 0 Å². The Labute approximate surface area is 198 Å². The largest absolute Gasteiger partial charge is 0.380 e. The first-order valence-corrected chi connectivity index (χ1v) is 11.0. The van der Waals surface area contributed by atoms with Crippen LogP contribution in [0.4, 0.5) is 10.1 Å². The molecule has 2 aromatic carbocycles. The number of fused-ring (bicyclic) bond motifs is 1. The highest BCUT2D eigenvalue weighted by Gasteiger charge is 2.35. The first-order valence-electron chi connectivity index (χ1n) is 11.0. The van der Waals surface area contributed by atoms with Crippen LogP contribution in [0.15, 0.2) is 54.7 Å². The number of hydrazine groups is 1. The van der Waals surface area contributed by atoms with Gasteiger partial charge in [0.25, 0.3) is 11.8 Å². The lowest BCUT2D eigenvalue weighted by atomic mass is 9.98. The molecular formula is C25H30FN4O4+. The summed E-state index contributed by atoms with van der Waals surface area (Å²) >= 11 is 0. The molecule has 180 valence electrons.